The van der Waals surface area contributed by atoms with E-state index < -0.39 is 38.4 Å². The van der Waals surface area contributed by atoms with Gasteiger partial charge in [0.15, 0.2) is 11.6 Å². The molecule has 1 saturated heterocycles. The number of hydrogen-bond donors (Lipinski definition) is 1. The number of benzene rings is 1. The van der Waals surface area contributed by atoms with Gasteiger partial charge in [0.2, 0.25) is 10.0 Å². The molecule has 4 nitrogen and oxygen atoms in total. The van der Waals surface area contributed by atoms with E-state index in [1.807, 2.05) is 0 Å². The molecular weight excluding hydrogens is 307 g/mol. The lowest BCUT2D eigenvalue weighted by atomic mass is 9.96. The quantitative estimate of drug-likeness (QED) is 0.864. The smallest absolute Gasteiger partial charge is 0.246 e. The molecule has 8 heteroatoms. The topological polar surface area (TPSA) is 57.6 Å². The minimum absolute atomic E-state index is 0.0262. The normalized spacial score (nSPS) is 24.2. The maximum atomic E-state index is 13.7. The van der Waals surface area contributed by atoms with Crippen LogP contribution in [0.3, 0.4) is 0 Å². The molecule has 0 amide bonds. The van der Waals surface area contributed by atoms with Crippen LogP contribution in [0.4, 0.5) is 13.2 Å². The Morgan fingerprint density at radius 2 is 1.81 bits per heavy atom. The van der Waals surface area contributed by atoms with Crippen LogP contribution in [0, 0.1) is 23.4 Å². The SMILES string of the molecule is CC1CCC(CO)CN1S(=O)(=O)c1cc(F)c(F)cc1F. The van der Waals surface area contributed by atoms with Crippen LogP contribution < -0.4 is 0 Å². The van der Waals surface area contributed by atoms with Gasteiger partial charge in [-0.1, -0.05) is 0 Å². The lowest BCUT2D eigenvalue weighted by Crippen LogP contribution is -2.46. The first kappa shape index (κ1) is 16.3. The van der Waals surface area contributed by atoms with Crippen molar-refractivity contribution in [3.05, 3.63) is 29.6 Å². The molecule has 0 bridgehead atoms. The van der Waals surface area contributed by atoms with Gasteiger partial charge in [0.25, 0.3) is 0 Å². The third-order valence-electron chi connectivity index (χ3n) is 3.74. The fraction of sp³-hybridized carbons (Fsp3) is 0.538. The Labute approximate surface area is 121 Å². The molecule has 2 rings (SSSR count). The molecule has 0 aromatic heterocycles. The molecule has 1 aromatic carbocycles. The molecular formula is C13H16F3NO3S. The van der Waals surface area contributed by atoms with Gasteiger partial charge < -0.3 is 5.11 Å². The van der Waals surface area contributed by atoms with E-state index in [0.29, 0.717) is 18.9 Å². The lowest BCUT2D eigenvalue weighted by molar-refractivity contribution is 0.139. The van der Waals surface area contributed by atoms with Crippen molar-refractivity contribution in [2.75, 3.05) is 13.2 Å². The predicted octanol–water partition coefficient (Wildman–Crippen LogP) is 1.89. The Hall–Kier alpha value is -1.12. The van der Waals surface area contributed by atoms with Crippen molar-refractivity contribution >= 4 is 10.0 Å². The van der Waals surface area contributed by atoms with Gasteiger partial charge in [-0.05, 0) is 31.7 Å². The molecule has 1 N–H and O–H groups in total. The van der Waals surface area contributed by atoms with Gasteiger partial charge in [-0.15, -0.1) is 0 Å². The second-order valence-electron chi connectivity index (χ2n) is 5.25. The highest BCUT2D eigenvalue weighted by Gasteiger charge is 2.36. The molecule has 0 radical (unpaired) electrons. The van der Waals surface area contributed by atoms with Crippen molar-refractivity contribution in [2.45, 2.75) is 30.7 Å². The van der Waals surface area contributed by atoms with Gasteiger partial charge in [-0.2, -0.15) is 4.31 Å². The predicted molar refractivity (Wildman–Crippen MR) is 69.5 cm³/mol. The number of halogens is 3. The number of sulfonamides is 1. The second-order valence-corrected chi connectivity index (χ2v) is 7.11. The summed E-state index contributed by atoms with van der Waals surface area (Å²) in [5.41, 5.74) is 0. The molecule has 118 valence electrons. The largest absolute Gasteiger partial charge is 0.396 e. The van der Waals surface area contributed by atoms with E-state index in [1.54, 1.807) is 6.92 Å². The van der Waals surface area contributed by atoms with Gasteiger partial charge in [0, 0.05) is 25.3 Å². The minimum atomic E-state index is -4.28. The van der Waals surface area contributed by atoms with E-state index in [9.17, 15) is 21.6 Å². The van der Waals surface area contributed by atoms with E-state index in [-0.39, 0.29) is 25.1 Å². The summed E-state index contributed by atoms with van der Waals surface area (Å²) in [5.74, 6) is -4.43. The fourth-order valence-corrected chi connectivity index (χ4v) is 4.26. The highest BCUT2D eigenvalue weighted by atomic mass is 32.2. The summed E-state index contributed by atoms with van der Waals surface area (Å²) in [6.45, 7) is 1.50. The number of nitrogens with zero attached hydrogens (tertiary/aromatic N) is 1. The summed E-state index contributed by atoms with van der Waals surface area (Å²) in [5, 5.41) is 9.16. The van der Waals surface area contributed by atoms with E-state index in [2.05, 4.69) is 0 Å². The highest BCUT2D eigenvalue weighted by Crippen LogP contribution is 2.29. The Morgan fingerprint density at radius 3 is 2.43 bits per heavy atom. The zero-order chi connectivity index (χ0) is 15.8. The van der Waals surface area contributed by atoms with Crippen molar-refractivity contribution in [1.82, 2.24) is 4.31 Å². The Morgan fingerprint density at radius 1 is 1.19 bits per heavy atom. The molecule has 0 aliphatic carbocycles. The molecule has 1 aliphatic rings. The van der Waals surface area contributed by atoms with Gasteiger partial charge in [0.1, 0.15) is 10.7 Å². The van der Waals surface area contributed by atoms with Crippen LogP contribution in [0.2, 0.25) is 0 Å². The standard InChI is InChI=1S/C13H16F3NO3S/c1-8-2-3-9(7-18)6-17(8)21(19,20)13-5-11(15)10(14)4-12(13)16/h4-5,8-9,18H,2-3,6-7H2,1H3. The van der Waals surface area contributed by atoms with Crippen molar-refractivity contribution in [1.29, 1.82) is 0 Å². The zero-order valence-electron chi connectivity index (χ0n) is 11.4. The highest BCUT2D eigenvalue weighted by molar-refractivity contribution is 7.89. The summed E-state index contributed by atoms with van der Waals surface area (Å²) < 4.78 is 65.8. The number of piperidine rings is 1. The third-order valence-corrected chi connectivity index (χ3v) is 5.74. The Balaban J connectivity index is 2.43. The van der Waals surface area contributed by atoms with Gasteiger partial charge in [0.05, 0.1) is 0 Å². The summed E-state index contributed by atoms with van der Waals surface area (Å²) >= 11 is 0. The number of aliphatic hydroxyl groups is 1. The van der Waals surface area contributed by atoms with Crippen molar-refractivity contribution < 1.29 is 26.7 Å². The van der Waals surface area contributed by atoms with Gasteiger partial charge >= 0.3 is 0 Å². The molecule has 1 aromatic rings. The molecule has 1 heterocycles. The first-order valence-corrected chi connectivity index (χ1v) is 7.98. The summed E-state index contributed by atoms with van der Waals surface area (Å²) in [6.07, 6.45) is 1.17. The van der Waals surface area contributed by atoms with Crippen LogP contribution in [-0.4, -0.2) is 37.0 Å². The maximum absolute atomic E-state index is 13.7. The van der Waals surface area contributed by atoms with Crippen LogP contribution in [0.5, 0.6) is 0 Å². The average molecular weight is 323 g/mol. The third kappa shape index (κ3) is 3.07. The van der Waals surface area contributed by atoms with E-state index in [0.717, 1.165) is 4.31 Å². The van der Waals surface area contributed by atoms with Crippen LogP contribution in [0.15, 0.2) is 17.0 Å². The van der Waals surface area contributed by atoms with Crippen molar-refractivity contribution in [3.63, 3.8) is 0 Å². The monoisotopic (exact) mass is 323 g/mol. The molecule has 1 aliphatic heterocycles. The first-order chi connectivity index (χ1) is 9.77. The minimum Gasteiger partial charge on any atom is -0.396 e. The maximum Gasteiger partial charge on any atom is 0.246 e. The first-order valence-electron chi connectivity index (χ1n) is 6.54. The molecule has 1 fully saturated rings. The van der Waals surface area contributed by atoms with Gasteiger partial charge in [-0.3, -0.25) is 0 Å². The molecule has 2 unspecified atom stereocenters. The van der Waals surface area contributed by atoms with E-state index >= 15 is 0 Å². The van der Waals surface area contributed by atoms with Crippen molar-refractivity contribution in [2.24, 2.45) is 5.92 Å². The van der Waals surface area contributed by atoms with E-state index in [1.165, 1.54) is 0 Å². The van der Waals surface area contributed by atoms with Gasteiger partial charge in [-0.25, -0.2) is 21.6 Å². The molecule has 0 saturated carbocycles. The Bertz CT molecular complexity index is 636. The fourth-order valence-electron chi connectivity index (χ4n) is 2.46. The summed E-state index contributed by atoms with van der Waals surface area (Å²) in [4.78, 5) is -0.883. The molecule has 2 atom stereocenters. The zero-order valence-corrected chi connectivity index (χ0v) is 12.2. The van der Waals surface area contributed by atoms with Crippen molar-refractivity contribution in [3.8, 4) is 0 Å². The molecule has 21 heavy (non-hydrogen) atoms. The lowest BCUT2D eigenvalue weighted by Gasteiger charge is -2.36. The van der Waals surface area contributed by atoms with Crippen LogP contribution in [0.25, 0.3) is 0 Å². The number of rotatable bonds is 3. The summed E-state index contributed by atoms with van der Waals surface area (Å²) in [6, 6.07) is 0.181. The average Bonchev–Trinajstić information content (AvgIpc) is 2.43. The number of hydrogen-bond acceptors (Lipinski definition) is 3. The molecule has 0 spiro atoms. The van der Waals surface area contributed by atoms with Crippen LogP contribution in [-0.2, 0) is 10.0 Å². The second kappa shape index (κ2) is 5.94. The van der Waals surface area contributed by atoms with Crippen LogP contribution in [0.1, 0.15) is 19.8 Å². The Kier molecular flexibility index (Phi) is 4.60. The number of aliphatic hydroxyl groups excluding tert-OH is 1. The summed E-state index contributed by atoms with van der Waals surface area (Å²) in [7, 11) is -4.28. The van der Waals surface area contributed by atoms with Crippen LogP contribution >= 0.6 is 0 Å². The van der Waals surface area contributed by atoms with E-state index in [4.69, 9.17) is 5.11 Å².